The molecule has 1 aliphatic rings. The van der Waals surface area contributed by atoms with E-state index in [2.05, 4.69) is 0 Å². The third-order valence-corrected chi connectivity index (χ3v) is 5.11. The van der Waals surface area contributed by atoms with E-state index in [-0.39, 0.29) is 24.1 Å². The monoisotopic (exact) mass is 345 g/mol. The number of rotatable bonds is 4. The van der Waals surface area contributed by atoms with Gasteiger partial charge in [-0.2, -0.15) is 0 Å². The average molecular weight is 345 g/mol. The fourth-order valence-corrected chi connectivity index (χ4v) is 3.71. The number of piperidine rings is 1. The van der Waals surface area contributed by atoms with E-state index < -0.39 is 11.9 Å². The van der Waals surface area contributed by atoms with Crippen LogP contribution in [0.25, 0.3) is 11.0 Å². The smallest absolute Gasteiger partial charge is 0.329 e. The third-order valence-electron chi connectivity index (χ3n) is 5.11. The van der Waals surface area contributed by atoms with Gasteiger partial charge in [-0.05, 0) is 31.4 Å². The van der Waals surface area contributed by atoms with Gasteiger partial charge in [0.25, 0.3) is 0 Å². The Morgan fingerprint density at radius 3 is 2.40 bits per heavy atom. The molecule has 1 aliphatic heterocycles. The van der Waals surface area contributed by atoms with E-state index in [0.717, 1.165) is 11.0 Å². The molecule has 1 N–H and O–H groups in total. The number of para-hydroxylation sites is 2. The summed E-state index contributed by atoms with van der Waals surface area (Å²) >= 11 is 0. The first-order valence-electron chi connectivity index (χ1n) is 8.62. The fraction of sp³-hybridized carbons (Fsp3) is 0.500. The highest BCUT2D eigenvalue weighted by atomic mass is 16.4. The fourth-order valence-electron chi connectivity index (χ4n) is 3.71. The van der Waals surface area contributed by atoms with Gasteiger partial charge in [0.1, 0.15) is 6.54 Å². The van der Waals surface area contributed by atoms with Gasteiger partial charge in [-0.1, -0.05) is 19.1 Å². The number of aromatic nitrogens is 2. The molecule has 2 atom stereocenters. The number of hydrogen-bond donors (Lipinski definition) is 1. The lowest BCUT2D eigenvalue weighted by Crippen LogP contribution is -2.46. The van der Waals surface area contributed by atoms with Crippen molar-refractivity contribution in [3.05, 3.63) is 34.7 Å². The van der Waals surface area contributed by atoms with E-state index in [0.29, 0.717) is 26.1 Å². The summed E-state index contributed by atoms with van der Waals surface area (Å²) in [4.78, 5) is 38.2. The van der Waals surface area contributed by atoms with Crippen LogP contribution in [-0.2, 0) is 22.7 Å². The number of aliphatic carboxylic acids is 1. The lowest BCUT2D eigenvalue weighted by atomic mass is 9.87. The lowest BCUT2D eigenvalue weighted by Gasteiger charge is -2.35. The van der Waals surface area contributed by atoms with Crippen LogP contribution in [0, 0.1) is 11.8 Å². The Bertz CT molecular complexity index is 867. The van der Waals surface area contributed by atoms with Crippen LogP contribution < -0.4 is 5.69 Å². The lowest BCUT2D eigenvalue weighted by molar-refractivity contribution is -0.148. The van der Waals surface area contributed by atoms with Crippen molar-refractivity contribution < 1.29 is 14.7 Å². The summed E-state index contributed by atoms with van der Waals surface area (Å²) in [7, 11) is 0. The number of carboxylic acid groups (broad SMARTS) is 1. The Kier molecular flexibility index (Phi) is 4.65. The van der Waals surface area contributed by atoms with Gasteiger partial charge in [-0.25, -0.2) is 4.79 Å². The Morgan fingerprint density at radius 2 is 1.84 bits per heavy atom. The van der Waals surface area contributed by atoms with Crippen LogP contribution in [0.3, 0.4) is 0 Å². The predicted molar refractivity (Wildman–Crippen MR) is 93.4 cm³/mol. The molecule has 0 saturated carbocycles. The molecule has 2 heterocycles. The molecular weight excluding hydrogens is 322 g/mol. The number of amides is 1. The maximum absolute atomic E-state index is 12.7. The molecule has 7 nitrogen and oxygen atoms in total. The third kappa shape index (κ3) is 3.06. The van der Waals surface area contributed by atoms with Crippen LogP contribution in [0.1, 0.15) is 20.3 Å². The SMILES string of the molecule is CCn1c(=O)n(CC(=O)N2CCC(C(=O)O)C(C)C2)c2ccccc21. The first-order valence-corrected chi connectivity index (χ1v) is 8.62. The molecule has 1 aromatic heterocycles. The van der Waals surface area contributed by atoms with Gasteiger partial charge in [0, 0.05) is 19.6 Å². The Hall–Kier alpha value is -2.57. The predicted octanol–water partition coefficient (Wildman–Crippen LogP) is 1.39. The number of nitrogens with zero attached hydrogens (tertiary/aromatic N) is 3. The number of carbonyl (C=O) groups is 2. The number of fused-ring (bicyclic) bond motifs is 1. The van der Waals surface area contributed by atoms with Crippen molar-refractivity contribution in [1.82, 2.24) is 14.0 Å². The van der Waals surface area contributed by atoms with Crippen LogP contribution >= 0.6 is 0 Å². The topological polar surface area (TPSA) is 84.5 Å². The van der Waals surface area contributed by atoms with E-state index in [1.807, 2.05) is 38.1 Å². The van der Waals surface area contributed by atoms with Crippen molar-refractivity contribution in [2.24, 2.45) is 11.8 Å². The molecule has 0 aliphatic carbocycles. The average Bonchev–Trinajstić information content (AvgIpc) is 2.86. The van der Waals surface area contributed by atoms with Crippen LogP contribution in [0.4, 0.5) is 0 Å². The highest BCUT2D eigenvalue weighted by Gasteiger charge is 2.33. The second kappa shape index (κ2) is 6.74. The van der Waals surface area contributed by atoms with Crippen molar-refractivity contribution in [2.45, 2.75) is 33.4 Å². The largest absolute Gasteiger partial charge is 0.481 e. The van der Waals surface area contributed by atoms with Crippen LogP contribution in [0.15, 0.2) is 29.1 Å². The summed E-state index contributed by atoms with van der Waals surface area (Å²) in [5, 5.41) is 9.20. The highest BCUT2D eigenvalue weighted by molar-refractivity contribution is 5.81. The molecule has 1 aromatic carbocycles. The van der Waals surface area contributed by atoms with Gasteiger partial charge in [0.15, 0.2) is 0 Å². The molecule has 25 heavy (non-hydrogen) atoms. The summed E-state index contributed by atoms with van der Waals surface area (Å²) in [5.41, 5.74) is 1.38. The zero-order valence-corrected chi connectivity index (χ0v) is 14.5. The molecule has 0 spiro atoms. The molecule has 1 fully saturated rings. The number of carbonyl (C=O) groups excluding carboxylic acids is 1. The van der Waals surface area contributed by atoms with Crippen LogP contribution in [0.2, 0.25) is 0 Å². The molecule has 0 bridgehead atoms. The summed E-state index contributed by atoms with van der Waals surface area (Å²) in [6.45, 7) is 5.11. The van der Waals surface area contributed by atoms with E-state index >= 15 is 0 Å². The number of likely N-dealkylation sites (tertiary alicyclic amines) is 1. The van der Waals surface area contributed by atoms with Gasteiger partial charge in [0.2, 0.25) is 5.91 Å². The minimum absolute atomic E-state index is 0.0171. The van der Waals surface area contributed by atoms with Gasteiger partial charge < -0.3 is 10.0 Å². The standard InChI is InChI=1S/C18H23N3O4/c1-3-20-14-6-4-5-7-15(14)21(18(20)25)11-16(22)19-9-8-13(17(23)24)12(2)10-19/h4-7,12-13H,3,8-11H2,1-2H3,(H,23,24). The number of aryl methyl sites for hydroxylation is 1. The molecule has 3 rings (SSSR count). The zero-order valence-electron chi connectivity index (χ0n) is 14.5. The number of hydrogen-bond acceptors (Lipinski definition) is 3. The maximum Gasteiger partial charge on any atom is 0.329 e. The van der Waals surface area contributed by atoms with E-state index in [4.69, 9.17) is 0 Å². The summed E-state index contributed by atoms with van der Waals surface area (Å²) in [5.74, 6) is -1.45. The van der Waals surface area contributed by atoms with Crippen molar-refractivity contribution in [1.29, 1.82) is 0 Å². The quantitative estimate of drug-likeness (QED) is 0.907. The molecular formula is C18H23N3O4. The van der Waals surface area contributed by atoms with Gasteiger partial charge in [-0.15, -0.1) is 0 Å². The van der Waals surface area contributed by atoms with Gasteiger partial charge in [0.05, 0.1) is 17.0 Å². The Labute approximate surface area is 145 Å². The second-order valence-corrected chi connectivity index (χ2v) is 6.65. The van der Waals surface area contributed by atoms with Crippen molar-refractivity contribution >= 4 is 22.9 Å². The van der Waals surface area contributed by atoms with E-state index in [1.165, 1.54) is 4.57 Å². The molecule has 1 saturated heterocycles. The highest BCUT2D eigenvalue weighted by Crippen LogP contribution is 2.24. The minimum atomic E-state index is -0.804. The molecule has 2 aromatic rings. The first kappa shape index (κ1) is 17.3. The second-order valence-electron chi connectivity index (χ2n) is 6.65. The first-order chi connectivity index (χ1) is 11.9. The van der Waals surface area contributed by atoms with Crippen molar-refractivity contribution in [3.63, 3.8) is 0 Å². The normalized spacial score (nSPS) is 20.8. The maximum atomic E-state index is 12.7. The molecule has 134 valence electrons. The van der Waals surface area contributed by atoms with Crippen molar-refractivity contribution in [2.75, 3.05) is 13.1 Å². The number of imidazole rings is 1. The number of carboxylic acids is 1. The van der Waals surface area contributed by atoms with Crippen molar-refractivity contribution in [3.8, 4) is 0 Å². The summed E-state index contributed by atoms with van der Waals surface area (Å²) in [6, 6.07) is 7.44. The molecule has 7 heteroatoms. The number of benzene rings is 1. The van der Waals surface area contributed by atoms with Crippen LogP contribution in [0.5, 0.6) is 0 Å². The summed E-state index contributed by atoms with van der Waals surface area (Å²) in [6.07, 6.45) is 0.452. The summed E-state index contributed by atoms with van der Waals surface area (Å²) < 4.78 is 3.16. The molecule has 2 unspecified atom stereocenters. The molecule has 0 radical (unpaired) electrons. The van der Waals surface area contributed by atoms with E-state index in [1.54, 1.807) is 9.47 Å². The van der Waals surface area contributed by atoms with E-state index in [9.17, 15) is 19.5 Å². The minimum Gasteiger partial charge on any atom is -0.481 e. The molecule has 1 amide bonds. The van der Waals surface area contributed by atoms with Gasteiger partial charge in [-0.3, -0.25) is 18.7 Å². The Balaban J connectivity index is 1.83. The van der Waals surface area contributed by atoms with Crippen LogP contribution in [-0.4, -0.2) is 44.1 Å². The van der Waals surface area contributed by atoms with Gasteiger partial charge >= 0.3 is 11.7 Å². The zero-order chi connectivity index (χ0) is 18.1. The Morgan fingerprint density at radius 1 is 1.20 bits per heavy atom.